The summed E-state index contributed by atoms with van der Waals surface area (Å²) in [7, 11) is 0. The maximum absolute atomic E-state index is 12.2. The second-order valence-electron chi connectivity index (χ2n) is 4.45. The van der Waals surface area contributed by atoms with Crippen molar-refractivity contribution in [2.45, 2.75) is 31.4 Å². The van der Waals surface area contributed by atoms with Crippen LogP contribution in [0.15, 0.2) is 16.8 Å². The number of thiophene rings is 1. The third kappa shape index (κ3) is 3.93. The van der Waals surface area contributed by atoms with Gasteiger partial charge in [0, 0.05) is 10.9 Å². The lowest BCUT2D eigenvalue weighted by Gasteiger charge is -2.03. The summed E-state index contributed by atoms with van der Waals surface area (Å²) in [5.74, 6) is -0.0891. The first-order valence-electron chi connectivity index (χ1n) is 6.29. The van der Waals surface area contributed by atoms with Crippen molar-refractivity contribution < 1.29 is 31.1 Å². The van der Waals surface area contributed by atoms with E-state index in [0.29, 0.717) is 10.7 Å². The van der Waals surface area contributed by atoms with E-state index in [1.807, 2.05) is 5.38 Å². The lowest BCUT2D eigenvalue weighted by atomic mass is 10.2. The van der Waals surface area contributed by atoms with Crippen LogP contribution in [-0.2, 0) is 4.79 Å². The summed E-state index contributed by atoms with van der Waals surface area (Å²) in [6.45, 7) is 2.14. The van der Waals surface area contributed by atoms with Crippen molar-refractivity contribution in [3.63, 3.8) is 0 Å². The van der Waals surface area contributed by atoms with Crippen LogP contribution in [0.1, 0.15) is 36.5 Å². The van der Waals surface area contributed by atoms with Crippen LogP contribution >= 0.6 is 23.1 Å². The fraction of sp³-hybridized carbons (Fsp3) is 0.462. The maximum Gasteiger partial charge on any atom is 0.324 e. The van der Waals surface area contributed by atoms with Gasteiger partial charge in [-0.15, -0.1) is 0 Å². The van der Waals surface area contributed by atoms with Gasteiger partial charge in [-0.1, -0.05) is 19.8 Å². The maximum atomic E-state index is 12.2. The van der Waals surface area contributed by atoms with Crippen LogP contribution in [0.4, 0.5) is 0 Å². The van der Waals surface area contributed by atoms with E-state index in [-0.39, 0.29) is 40.5 Å². The van der Waals surface area contributed by atoms with E-state index in [4.69, 9.17) is 5.73 Å². The van der Waals surface area contributed by atoms with E-state index in [2.05, 4.69) is 6.92 Å². The van der Waals surface area contributed by atoms with Crippen molar-refractivity contribution in [1.29, 1.82) is 0 Å². The monoisotopic (exact) mass is 376 g/mol. The molecule has 1 atom stereocenters. The lowest BCUT2D eigenvalue weighted by Crippen LogP contribution is -3.00. The molecule has 0 saturated carbocycles. The molecule has 20 heavy (non-hydrogen) atoms. The SMILES string of the molecule is CCCCC1SC(N)=[N+](CC(=O)c2ccsc2)C1=O.[Br-]. The van der Waals surface area contributed by atoms with Gasteiger partial charge < -0.3 is 17.0 Å². The van der Waals surface area contributed by atoms with Gasteiger partial charge in [-0.25, -0.2) is 4.79 Å². The van der Waals surface area contributed by atoms with Crippen molar-refractivity contribution in [2.24, 2.45) is 5.73 Å². The second kappa shape index (κ2) is 7.95. The number of carbonyl (C=O) groups is 2. The Morgan fingerprint density at radius 3 is 2.85 bits per heavy atom. The van der Waals surface area contributed by atoms with Crippen molar-refractivity contribution in [2.75, 3.05) is 6.54 Å². The standard InChI is InChI=1S/C13H16N2O2S2.BrH/c1-2-3-4-11-12(17)15(13(14)19-11)7-10(16)9-5-6-18-8-9;/h5-6,8,11,14H,2-4,7H2,1H3;1H. The number of amidine groups is 1. The molecule has 2 rings (SSSR count). The number of Topliss-reactive ketones (excluding diaryl/α,β-unsaturated/α-hetero) is 1. The lowest BCUT2D eigenvalue weighted by molar-refractivity contribution is -0.431. The normalized spacial score (nSPS) is 18.2. The van der Waals surface area contributed by atoms with Gasteiger partial charge in [-0.3, -0.25) is 10.5 Å². The number of unbranched alkanes of at least 4 members (excludes halogenated alkanes) is 1. The molecule has 0 aliphatic carbocycles. The third-order valence-corrected chi connectivity index (χ3v) is 4.90. The van der Waals surface area contributed by atoms with Gasteiger partial charge in [0.25, 0.3) is 0 Å². The van der Waals surface area contributed by atoms with Crippen LogP contribution in [0, 0.1) is 0 Å². The van der Waals surface area contributed by atoms with Crippen molar-refractivity contribution in [3.8, 4) is 0 Å². The summed E-state index contributed by atoms with van der Waals surface area (Å²) in [6, 6.07) is 1.77. The van der Waals surface area contributed by atoms with Crippen LogP contribution in [0.3, 0.4) is 0 Å². The molecule has 1 unspecified atom stereocenters. The number of hydrogen-bond acceptors (Lipinski definition) is 5. The van der Waals surface area contributed by atoms with Crippen molar-refractivity contribution in [1.82, 2.24) is 0 Å². The van der Waals surface area contributed by atoms with Gasteiger partial charge in [-0.05, 0) is 29.6 Å². The Kier molecular flexibility index (Phi) is 6.91. The van der Waals surface area contributed by atoms with Gasteiger partial charge in [0.1, 0.15) is 5.25 Å². The van der Waals surface area contributed by atoms with E-state index in [0.717, 1.165) is 19.3 Å². The minimum absolute atomic E-state index is 0. The summed E-state index contributed by atoms with van der Waals surface area (Å²) in [5, 5.41) is 3.98. The first-order chi connectivity index (χ1) is 9.13. The van der Waals surface area contributed by atoms with E-state index in [1.165, 1.54) is 27.7 Å². The predicted molar refractivity (Wildman–Crippen MR) is 78.9 cm³/mol. The molecule has 4 nitrogen and oxygen atoms in total. The average molecular weight is 377 g/mol. The number of nitrogens with zero attached hydrogens (tertiary/aromatic N) is 1. The molecule has 2 N–H and O–H groups in total. The largest absolute Gasteiger partial charge is 1.00 e. The Morgan fingerprint density at radius 1 is 1.50 bits per heavy atom. The number of carbonyl (C=O) groups excluding carboxylic acids is 2. The Bertz CT molecular complexity index is 514. The molecule has 1 aliphatic heterocycles. The fourth-order valence-corrected chi connectivity index (χ4v) is 3.67. The van der Waals surface area contributed by atoms with Crippen molar-refractivity contribution in [3.05, 3.63) is 22.4 Å². The van der Waals surface area contributed by atoms with Crippen LogP contribution < -0.4 is 22.7 Å². The Labute approximate surface area is 137 Å². The quantitative estimate of drug-likeness (QED) is 0.515. The summed E-state index contributed by atoms with van der Waals surface area (Å²) in [4.78, 5) is 24.2. The number of halogens is 1. The molecule has 7 heteroatoms. The molecule has 1 amide bonds. The molecule has 0 fully saturated rings. The van der Waals surface area contributed by atoms with Gasteiger partial charge in [0.15, 0.2) is 6.54 Å². The van der Waals surface area contributed by atoms with Crippen LogP contribution in [0.2, 0.25) is 0 Å². The molecule has 2 heterocycles. The molecule has 110 valence electrons. The summed E-state index contributed by atoms with van der Waals surface area (Å²) in [6.07, 6.45) is 2.88. The third-order valence-electron chi connectivity index (χ3n) is 3.04. The second-order valence-corrected chi connectivity index (χ2v) is 6.45. The molecule has 0 saturated heterocycles. The number of nitrogens with two attached hydrogens (primary N) is 1. The molecule has 0 spiro atoms. The highest BCUT2D eigenvalue weighted by Crippen LogP contribution is 2.24. The summed E-state index contributed by atoms with van der Waals surface area (Å²) in [5.41, 5.74) is 6.51. The predicted octanol–water partition coefficient (Wildman–Crippen LogP) is -0.906. The zero-order valence-electron chi connectivity index (χ0n) is 11.2. The average Bonchev–Trinajstić information content (AvgIpc) is 3.00. The highest BCUT2D eigenvalue weighted by Gasteiger charge is 2.38. The van der Waals surface area contributed by atoms with Crippen LogP contribution in [0.5, 0.6) is 0 Å². The van der Waals surface area contributed by atoms with Gasteiger partial charge in [-0.2, -0.15) is 15.9 Å². The zero-order chi connectivity index (χ0) is 13.8. The first-order valence-corrected chi connectivity index (χ1v) is 8.11. The molecular formula is C13H17BrN2O2S2. The Morgan fingerprint density at radius 2 is 2.25 bits per heavy atom. The summed E-state index contributed by atoms with van der Waals surface area (Å²) >= 11 is 2.85. The molecule has 0 aromatic carbocycles. The summed E-state index contributed by atoms with van der Waals surface area (Å²) < 4.78 is 1.42. The first kappa shape index (κ1) is 17.4. The zero-order valence-corrected chi connectivity index (χ0v) is 14.4. The van der Waals surface area contributed by atoms with E-state index >= 15 is 0 Å². The van der Waals surface area contributed by atoms with Crippen LogP contribution in [0.25, 0.3) is 0 Å². The molecular weight excluding hydrogens is 360 g/mol. The number of rotatable bonds is 6. The minimum Gasteiger partial charge on any atom is -1.00 e. The Balaban J connectivity index is 0.00000200. The molecule has 1 aromatic heterocycles. The van der Waals surface area contributed by atoms with Gasteiger partial charge >= 0.3 is 11.1 Å². The topological polar surface area (TPSA) is 63.2 Å². The number of amides is 1. The highest BCUT2D eigenvalue weighted by atomic mass is 79.9. The van der Waals surface area contributed by atoms with Gasteiger partial charge in [0.2, 0.25) is 5.78 Å². The smallest absolute Gasteiger partial charge is 0.324 e. The number of thioether (sulfide) groups is 1. The van der Waals surface area contributed by atoms with E-state index < -0.39 is 0 Å². The van der Waals surface area contributed by atoms with Gasteiger partial charge in [0.05, 0.1) is 0 Å². The number of ketones is 1. The minimum atomic E-state index is -0.116. The Hall–Kier alpha value is -0.660. The van der Waals surface area contributed by atoms with Crippen molar-refractivity contribution >= 4 is 40.0 Å². The van der Waals surface area contributed by atoms with E-state index in [1.54, 1.807) is 11.4 Å². The van der Waals surface area contributed by atoms with Crippen LogP contribution in [-0.4, -0.2) is 33.2 Å². The number of hydrogen-bond donors (Lipinski definition) is 1. The van der Waals surface area contributed by atoms with E-state index in [9.17, 15) is 9.59 Å². The fourth-order valence-electron chi connectivity index (χ4n) is 1.93. The molecule has 0 bridgehead atoms. The molecule has 1 aliphatic rings. The highest BCUT2D eigenvalue weighted by molar-refractivity contribution is 8.15. The molecule has 1 aromatic rings. The molecule has 0 radical (unpaired) electrons.